The highest BCUT2D eigenvalue weighted by Crippen LogP contribution is 2.58. The number of aliphatic hydroxyl groups is 1. The molecule has 1 spiro atoms. The number of aliphatic hydroxyl groups excluding tert-OH is 1. The Kier molecular flexibility index (Phi) is 6.79. The van der Waals surface area contributed by atoms with Crippen molar-refractivity contribution in [3.05, 3.63) is 66.8 Å². The van der Waals surface area contributed by atoms with Crippen molar-refractivity contribution < 1.29 is 24.2 Å². The molecule has 8 nitrogen and oxygen atoms in total. The average molecular weight is 544 g/mol. The molecule has 4 heterocycles. The van der Waals surface area contributed by atoms with Gasteiger partial charge < -0.3 is 24.5 Å². The van der Waals surface area contributed by atoms with Crippen LogP contribution in [0.25, 0.3) is 10.8 Å². The van der Waals surface area contributed by atoms with Crippen LogP contribution in [0.4, 0.5) is 5.69 Å². The summed E-state index contributed by atoms with van der Waals surface area (Å²) in [5.74, 6) is -2.15. The van der Waals surface area contributed by atoms with Crippen molar-refractivity contribution in [1.82, 2.24) is 9.80 Å². The Morgan fingerprint density at radius 3 is 2.42 bits per heavy atom. The number of ether oxygens (including phenoxy) is 1. The number of anilines is 1. The molecule has 2 aromatic carbocycles. The Morgan fingerprint density at radius 1 is 0.900 bits per heavy atom. The summed E-state index contributed by atoms with van der Waals surface area (Å²) >= 11 is 0. The highest BCUT2D eigenvalue weighted by Gasteiger charge is 2.75. The zero-order chi connectivity index (χ0) is 28.1. The summed E-state index contributed by atoms with van der Waals surface area (Å²) in [6, 6.07) is 13.0. The second-order valence-electron chi connectivity index (χ2n) is 11.3. The highest BCUT2D eigenvalue weighted by atomic mass is 16.5. The Hall–Kier alpha value is -3.49. The molecule has 8 heteroatoms. The molecule has 0 aromatic heterocycles. The van der Waals surface area contributed by atoms with Crippen LogP contribution in [0.2, 0.25) is 0 Å². The maximum absolute atomic E-state index is 14.6. The zero-order valence-electron chi connectivity index (χ0n) is 23.2. The monoisotopic (exact) mass is 543 g/mol. The third-order valence-corrected chi connectivity index (χ3v) is 9.12. The van der Waals surface area contributed by atoms with E-state index in [0.29, 0.717) is 32.5 Å². The number of fused-ring (bicyclic) bond motifs is 3. The summed E-state index contributed by atoms with van der Waals surface area (Å²) in [4.78, 5) is 48.1. The van der Waals surface area contributed by atoms with E-state index < -0.39 is 29.1 Å². The average Bonchev–Trinajstić information content (AvgIpc) is 3.25. The van der Waals surface area contributed by atoms with Gasteiger partial charge in [-0.05, 0) is 42.2 Å². The predicted molar refractivity (Wildman–Crippen MR) is 152 cm³/mol. The number of rotatable bonds is 7. The van der Waals surface area contributed by atoms with Crippen LogP contribution in [0, 0.1) is 11.8 Å². The van der Waals surface area contributed by atoms with Gasteiger partial charge in [0.1, 0.15) is 11.6 Å². The van der Waals surface area contributed by atoms with Gasteiger partial charge in [0.2, 0.25) is 11.8 Å². The lowest BCUT2D eigenvalue weighted by Gasteiger charge is -2.38. The Morgan fingerprint density at radius 2 is 1.68 bits per heavy atom. The van der Waals surface area contributed by atoms with E-state index in [4.69, 9.17) is 4.74 Å². The van der Waals surface area contributed by atoms with Gasteiger partial charge in [-0.3, -0.25) is 14.4 Å². The van der Waals surface area contributed by atoms with Crippen molar-refractivity contribution in [1.29, 1.82) is 0 Å². The molecule has 3 amide bonds. The lowest BCUT2D eigenvalue weighted by Crippen LogP contribution is -2.56. The van der Waals surface area contributed by atoms with Gasteiger partial charge in [-0.1, -0.05) is 68.5 Å². The van der Waals surface area contributed by atoms with E-state index in [1.807, 2.05) is 85.5 Å². The van der Waals surface area contributed by atoms with E-state index in [1.165, 1.54) is 0 Å². The molecule has 4 aliphatic rings. The number of hydrogen-bond acceptors (Lipinski definition) is 5. The van der Waals surface area contributed by atoms with Crippen LogP contribution in [-0.4, -0.2) is 82.7 Å². The van der Waals surface area contributed by atoms with Gasteiger partial charge in [-0.25, -0.2) is 0 Å². The third-order valence-electron chi connectivity index (χ3n) is 9.12. The van der Waals surface area contributed by atoms with E-state index in [9.17, 15) is 19.5 Å². The fourth-order valence-corrected chi connectivity index (χ4v) is 7.34. The number of carbonyl (C=O) groups is 3. The van der Waals surface area contributed by atoms with E-state index >= 15 is 0 Å². The molecule has 0 radical (unpaired) electrons. The number of likely N-dealkylation sites (tertiary alicyclic amines) is 1. The van der Waals surface area contributed by atoms with Crippen LogP contribution in [0.3, 0.4) is 0 Å². The highest BCUT2D eigenvalue weighted by molar-refractivity contribution is 6.06. The lowest BCUT2D eigenvalue weighted by atomic mass is 9.73. The van der Waals surface area contributed by atoms with Crippen molar-refractivity contribution in [3.8, 4) is 0 Å². The standard InChI is InChI=1S/C32H37N3O5/c1-3-16-33-17-7-14-31(4-2)25(28(33)37)26-29(38)35(19-9-20-36)27-30(39)34(18-8-15-32(26,27)40-31)24-13-12-22-10-5-6-11-23(22)21-24/h5-8,10-15,21,25-27,36H,3-4,9,16-20H2,1-2H3/t25-,26+,27?,31+,32+/m1/s1. The Labute approximate surface area is 234 Å². The molecule has 40 heavy (non-hydrogen) atoms. The largest absolute Gasteiger partial charge is 0.396 e. The summed E-state index contributed by atoms with van der Waals surface area (Å²) in [6.07, 6.45) is 9.38. The molecule has 2 fully saturated rings. The predicted octanol–water partition coefficient (Wildman–Crippen LogP) is 3.29. The first kappa shape index (κ1) is 26.7. The van der Waals surface area contributed by atoms with Crippen LogP contribution >= 0.6 is 0 Å². The quantitative estimate of drug-likeness (QED) is 0.542. The van der Waals surface area contributed by atoms with E-state index in [1.54, 1.807) is 9.80 Å². The summed E-state index contributed by atoms with van der Waals surface area (Å²) < 4.78 is 6.99. The SMILES string of the molecule is CCCN1CC=C[C@]2(CC)O[C@]34C=CCN(c5ccc6ccccc6c5)C(=O)C3N(CCCO)C(=O)[C@@H]4[C@@H]2C1=O. The first-order chi connectivity index (χ1) is 19.4. The van der Waals surface area contributed by atoms with Gasteiger partial charge in [0.25, 0.3) is 5.91 Å². The van der Waals surface area contributed by atoms with Crippen molar-refractivity contribution in [2.75, 3.05) is 37.7 Å². The Bertz CT molecular complexity index is 1400. The number of hydrogen-bond donors (Lipinski definition) is 1. The molecule has 1 N–H and O–H groups in total. The second-order valence-corrected chi connectivity index (χ2v) is 11.3. The van der Waals surface area contributed by atoms with Crippen LogP contribution in [-0.2, 0) is 19.1 Å². The minimum atomic E-state index is -1.29. The van der Waals surface area contributed by atoms with E-state index in [2.05, 4.69) is 0 Å². The molecule has 1 unspecified atom stereocenters. The van der Waals surface area contributed by atoms with Crippen molar-refractivity contribution in [3.63, 3.8) is 0 Å². The number of carbonyl (C=O) groups excluding carboxylic acids is 3. The first-order valence-electron chi connectivity index (χ1n) is 14.5. The molecule has 0 aliphatic carbocycles. The van der Waals surface area contributed by atoms with Crippen molar-refractivity contribution >= 4 is 34.2 Å². The molecule has 2 saturated heterocycles. The molecule has 5 atom stereocenters. The first-order valence-corrected chi connectivity index (χ1v) is 14.5. The van der Waals surface area contributed by atoms with Gasteiger partial charge in [0.05, 0.1) is 17.4 Å². The minimum Gasteiger partial charge on any atom is -0.396 e. The van der Waals surface area contributed by atoms with Crippen molar-refractivity contribution in [2.45, 2.75) is 50.4 Å². The normalized spacial score (nSPS) is 31.4. The molecule has 4 aliphatic heterocycles. The summed E-state index contributed by atoms with van der Waals surface area (Å²) in [5.41, 5.74) is -1.53. The summed E-state index contributed by atoms with van der Waals surface area (Å²) in [7, 11) is 0. The molecule has 2 aromatic rings. The molecule has 210 valence electrons. The minimum absolute atomic E-state index is 0.0943. The fourth-order valence-electron chi connectivity index (χ4n) is 7.34. The van der Waals surface area contributed by atoms with E-state index in [0.717, 1.165) is 22.9 Å². The van der Waals surface area contributed by atoms with Gasteiger partial charge in [-0.2, -0.15) is 0 Å². The van der Waals surface area contributed by atoms with Gasteiger partial charge >= 0.3 is 0 Å². The topological polar surface area (TPSA) is 90.4 Å². The molecular formula is C32H37N3O5. The van der Waals surface area contributed by atoms with E-state index in [-0.39, 0.29) is 30.9 Å². The van der Waals surface area contributed by atoms with Crippen LogP contribution < -0.4 is 4.90 Å². The second kappa shape index (κ2) is 10.2. The fraction of sp³-hybridized carbons (Fsp3) is 0.469. The summed E-state index contributed by atoms with van der Waals surface area (Å²) in [6.45, 7) is 5.50. The number of amides is 3. The zero-order valence-corrected chi connectivity index (χ0v) is 23.2. The summed E-state index contributed by atoms with van der Waals surface area (Å²) in [5, 5.41) is 11.7. The van der Waals surface area contributed by atoms with Gasteiger partial charge in [-0.15, -0.1) is 0 Å². The van der Waals surface area contributed by atoms with Gasteiger partial charge in [0.15, 0.2) is 0 Å². The van der Waals surface area contributed by atoms with Crippen molar-refractivity contribution in [2.24, 2.45) is 11.8 Å². The molecule has 0 bridgehead atoms. The molecule has 6 rings (SSSR count). The third kappa shape index (κ3) is 3.84. The maximum atomic E-state index is 14.6. The van der Waals surface area contributed by atoms with Crippen LogP contribution in [0.1, 0.15) is 33.1 Å². The van der Waals surface area contributed by atoms with Gasteiger partial charge in [0, 0.05) is 38.5 Å². The number of nitrogens with zero attached hydrogens (tertiary/aromatic N) is 3. The Balaban J connectivity index is 1.47. The lowest BCUT2D eigenvalue weighted by molar-refractivity contribution is -0.150. The smallest absolute Gasteiger partial charge is 0.253 e. The maximum Gasteiger partial charge on any atom is 0.253 e. The molecule has 0 saturated carbocycles. The molecular weight excluding hydrogens is 506 g/mol. The van der Waals surface area contributed by atoms with Crippen LogP contribution in [0.5, 0.6) is 0 Å². The van der Waals surface area contributed by atoms with Crippen LogP contribution in [0.15, 0.2) is 66.8 Å². The number of benzene rings is 2.